The van der Waals surface area contributed by atoms with Crippen LogP contribution in [0.2, 0.25) is 0 Å². The lowest BCUT2D eigenvalue weighted by Gasteiger charge is -2.03. The highest BCUT2D eigenvalue weighted by Gasteiger charge is 2.06. The van der Waals surface area contributed by atoms with Crippen LogP contribution in [-0.4, -0.2) is 28.4 Å². The van der Waals surface area contributed by atoms with Gasteiger partial charge >= 0.3 is 0 Å². The first kappa shape index (κ1) is 16.4. The maximum atomic E-state index is 12.7. The molecule has 1 aromatic carbocycles. The zero-order valence-corrected chi connectivity index (χ0v) is 11.8. The summed E-state index contributed by atoms with van der Waals surface area (Å²) in [5.41, 5.74) is 0.561. The van der Waals surface area contributed by atoms with Gasteiger partial charge in [-0.25, -0.2) is 23.1 Å². The van der Waals surface area contributed by atoms with Crippen molar-refractivity contribution in [2.45, 2.75) is 6.43 Å². The summed E-state index contributed by atoms with van der Waals surface area (Å²) >= 11 is 0. The summed E-state index contributed by atoms with van der Waals surface area (Å²) in [5, 5.41) is 6.30. The van der Waals surface area contributed by atoms with Crippen LogP contribution in [0.25, 0.3) is 0 Å². The summed E-state index contributed by atoms with van der Waals surface area (Å²) < 4.78 is 37.9. The van der Waals surface area contributed by atoms with Gasteiger partial charge in [-0.2, -0.15) is 5.10 Å². The van der Waals surface area contributed by atoms with Gasteiger partial charge in [0.1, 0.15) is 0 Å². The molecule has 9 heteroatoms. The molecule has 0 aliphatic heterocycles. The average molecular weight is 322 g/mol. The highest BCUT2D eigenvalue weighted by molar-refractivity contribution is 6.32. The first-order valence-corrected chi connectivity index (χ1v) is 6.49. The minimum atomic E-state index is -2.56. The summed E-state index contributed by atoms with van der Waals surface area (Å²) in [6, 6.07) is 5.64. The van der Waals surface area contributed by atoms with Gasteiger partial charge in [-0.15, -0.1) is 0 Å². The predicted molar refractivity (Wildman–Crippen MR) is 81.7 cm³/mol. The number of anilines is 1. The lowest BCUT2D eigenvalue weighted by molar-refractivity contribution is 0.151. The predicted octanol–water partition coefficient (Wildman–Crippen LogP) is 2.68. The van der Waals surface area contributed by atoms with Gasteiger partial charge in [-0.3, -0.25) is 4.99 Å². The molecule has 2 rings (SSSR count). The van der Waals surface area contributed by atoms with E-state index in [0.717, 1.165) is 12.4 Å². The minimum absolute atomic E-state index is 0.122. The van der Waals surface area contributed by atoms with Gasteiger partial charge in [-0.05, 0) is 12.1 Å². The van der Waals surface area contributed by atoms with E-state index in [1.165, 1.54) is 24.4 Å². The summed E-state index contributed by atoms with van der Waals surface area (Å²) in [7, 11) is 0. The fourth-order valence-corrected chi connectivity index (χ4v) is 1.59. The molecule has 0 bridgehead atoms. The van der Waals surface area contributed by atoms with Crippen molar-refractivity contribution in [1.29, 1.82) is 0 Å². The van der Waals surface area contributed by atoms with E-state index in [0.29, 0.717) is 11.4 Å². The quantitative estimate of drug-likeness (QED) is 0.486. The molecule has 1 heterocycles. The molecule has 0 saturated heterocycles. The SMILES string of the molecule is NN=C(C=Nc1cccc(C(F)F)c1)CNc1ncc(F)cn1. The number of halogens is 3. The molecule has 23 heavy (non-hydrogen) atoms. The molecular weight excluding hydrogens is 309 g/mol. The Kier molecular flexibility index (Phi) is 5.61. The molecule has 0 amide bonds. The van der Waals surface area contributed by atoms with Crippen molar-refractivity contribution < 1.29 is 13.2 Å². The number of hydrazone groups is 1. The second kappa shape index (κ2) is 7.87. The monoisotopic (exact) mass is 322 g/mol. The van der Waals surface area contributed by atoms with E-state index in [9.17, 15) is 13.2 Å². The lowest BCUT2D eigenvalue weighted by atomic mass is 10.2. The Labute approximate surface area is 130 Å². The van der Waals surface area contributed by atoms with Gasteiger partial charge < -0.3 is 11.2 Å². The molecule has 0 spiro atoms. The molecule has 2 aromatic rings. The Hall–Kier alpha value is -2.97. The van der Waals surface area contributed by atoms with Crippen molar-refractivity contribution in [3.05, 3.63) is 48.0 Å². The Morgan fingerprint density at radius 3 is 2.70 bits per heavy atom. The maximum absolute atomic E-state index is 12.7. The fourth-order valence-electron chi connectivity index (χ4n) is 1.59. The van der Waals surface area contributed by atoms with E-state index in [1.54, 1.807) is 6.07 Å². The molecule has 6 nitrogen and oxygen atoms in total. The molecule has 0 fully saturated rings. The third-order valence-corrected chi connectivity index (χ3v) is 2.70. The Morgan fingerprint density at radius 2 is 2.04 bits per heavy atom. The number of aliphatic imine (C=N–C) groups is 1. The Morgan fingerprint density at radius 1 is 1.30 bits per heavy atom. The normalized spacial score (nSPS) is 12.1. The first-order chi connectivity index (χ1) is 11.1. The topological polar surface area (TPSA) is 88.5 Å². The Balaban J connectivity index is 1.99. The second-order valence-corrected chi connectivity index (χ2v) is 4.35. The first-order valence-electron chi connectivity index (χ1n) is 6.49. The molecule has 1 aromatic heterocycles. The second-order valence-electron chi connectivity index (χ2n) is 4.35. The number of aromatic nitrogens is 2. The van der Waals surface area contributed by atoms with Gasteiger partial charge in [0, 0.05) is 5.56 Å². The molecular formula is C14H13F3N6. The average Bonchev–Trinajstić information content (AvgIpc) is 2.57. The number of nitrogens with zero attached hydrogens (tertiary/aromatic N) is 4. The molecule has 0 atom stereocenters. The van der Waals surface area contributed by atoms with Crippen LogP contribution in [0.3, 0.4) is 0 Å². The number of hydrogen-bond donors (Lipinski definition) is 2. The van der Waals surface area contributed by atoms with Crippen LogP contribution >= 0.6 is 0 Å². The number of alkyl halides is 2. The maximum Gasteiger partial charge on any atom is 0.263 e. The fraction of sp³-hybridized carbons (Fsp3) is 0.143. The largest absolute Gasteiger partial charge is 0.348 e. The molecule has 3 N–H and O–H groups in total. The van der Waals surface area contributed by atoms with E-state index in [4.69, 9.17) is 5.84 Å². The molecule has 0 saturated carbocycles. The van der Waals surface area contributed by atoms with Crippen molar-refractivity contribution in [2.24, 2.45) is 15.9 Å². The Bertz CT molecular complexity index is 700. The number of rotatable bonds is 6. The minimum Gasteiger partial charge on any atom is -0.348 e. The highest BCUT2D eigenvalue weighted by Crippen LogP contribution is 2.22. The van der Waals surface area contributed by atoms with Crippen molar-refractivity contribution >= 4 is 23.6 Å². The molecule has 0 aliphatic carbocycles. The van der Waals surface area contributed by atoms with Crippen LogP contribution < -0.4 is 11.2 Å². The number of hydrogen-bond acceptors (Lipinski definition) is 6. The third-order valence-electron chi connectivity index (χ3n) is 2.70. The van der Waals surface area contributed by atoms with Crippen LogP contribution in [0.1, 0.15) is 12.0 Å². The van der Waals surface area contributed by atoms with Crippen LogP contribution in [0.15, 0.2) is 46.8 Å². The van der Waals surface area contributed by atoms with E-state index in [2.05, 4.69) is 25.4 Å². The van der Waals surface area contributed by atoms with Crippen molar-refractivity contribution in [2.75, 3.05) is 11.9 Å². The molecule has 0 radical (unpaired) electrons. The highest BCUT2D eigenvalue weighted by atomic mass is 19.3. The molecule has 0 unspecified atom stereocenters. The van der Waals surface area contributed by atoms with Crippen LogP contribution in [0.5, 0.6) is 0 Å². The van der Waals surface area contributed by atoms with Crippen LogP contribution in [0, 0.1) is 5.82 Å². The van der Waals surface area contributed by atoms with Crippen molar-refractivity contribution in [3.63, 3.8) is 0 Å². The zero-order chi connectivity index (χ0) is 16.7. The molecule has 0 aliphatic rings. The number of benzene rings is 1. The standard InChI is InChI=1S/C14H13F3N6/c15-10-5-20-14(21-6-10)22-8-12(23-18)7-19-11-3-1-2-9(4-11)13(16)17/h1-7,13H,8,18H2,(H,20,21,22). The summed E-state index contributed by atoms with van der Waals surface area (Å²) in [6.07, 6.45) is 0.795. The van der Waals surface area contributed by atoms with Gasteiger partial charge in [0.15, 0.2) is 5.82 Å². The van der Waals surface area contributed by atoms with E-state index in [1.807, 2.05) is 0 Å². The van der Waals surface area contributed by atoms with Gasteiger partial charge in [0.25, 0.3) is 6.43 Å². The molecule has 120 valence electrons. The van der Waals surface area contributed by atoms with Crippen molar-refractivity contribution in [1.82, 2.24) is 9.97 Å². The zero-order valence-electron chi connectivity index (χ0n) is 11.8. The van der Waals surface area contributed by atoms with Crippen LogP contribution in [-0.2, 0) is 0 Å². The van der Waals surface area contributed by atoms with Gasteiger partial charge in [-0.1, -0.05) is 12.1 Å². The third kappa shape index (κ3) is 5.06. The van der Waals surface area contributed by atoms with Crippen molar-refractivity contribution in [3.8, 4) is 0 Å². The number of nitrogens with two attached hydrogens (primary N) is 1. The summed E-state index contributed by atoms with van der Waals surface area (Å²) in [4.78, 5) is 11.5. The summed E-state index contributed by atoms with van der Waals surface area (Å²) in [5.74, 6) is 4.88. The van der Waals surface area contributed by atoms with E-state index < -0.39 is 12.2 Å². The lowest BCUT2D eigenvalue weighted by Crippen LogP contribution is -2.18. The van der Waals surface area contributed by atoms with Gasteiger partial charge in [0.05, 0.1) is 36.6 Å². The van der Waals surface area contributed by atoms with E-state index >= 15 is 0 Å². The number of nitrogens with one attached hydrogen (secondary N) is 1. The van der Waals surface area contributed by atoms with Crippen LogP contribution in [0.4, 0.5) is 24.8 Å². The van der Waals surface area contributed by atoms with Gasteiger partial charge in [0.2, 0.25) is 5.95 Å². The smallest absolute Gasteiger partial charge is 0.263 e. The summed E-state index contributed by atoms with van der Waals surface area (Å²) in [6.45, 7) is 0.139. The van der Waals surface area contributed by atoms with E-state index in [-0.39, 0.29) is 18.1 Å².